The van der Waals surface area contributed by atoms with E-state index in [4.69, 9.17) is 9.47 Å². The van der Waals surface area contributed by atoms with Crippen LogP contribution < -0.4 is 14.8 Å². The molecule has 5 nitrogen and oxygen atoms in total. The molecule has 0 aromatic heterocycles. The zero-order chi connectivity index (χ0) is 14.7. The molecule has 1 saturated heterocycles. The first-order valence-corrected chi connectivity index (χ1v) is 7.62. The highest BCUT2D eigenvalue weighted by Gasteiger charge is 2.28. The van der Waals surface area contributed by atoms with Crippen molar-refractivity contribution in [2.45, 2.75) is 12.8 Å². The van der Waals surface area contributed by atoms with Crippen LogP contribution in [0.25, 0.3) is 0 Å². The third-order valence-corrected chi connectivity index (χ3v) is 4.10. The Labute approximate surface area is 125 Å². The van der Waals surface area contributed by atoms with Crippen LogP contribution in [0.4, 0.5) is 0 Å². The van der Waals surface area contributed by atoms with Crippen LogP contribution in [0.1, 0.15) is 23.2 Å². The highest BCUT2D eigenvalue weighted by molar-refractivity contribution is 5.98. The van der Waals surface area contributed by atoms with Crippen LogP contribution in [0, 0.1) is 5.92 Å². The van der Waals surface area contributed by atoms with Crippen molar-refractivity contribution in [3.05, 3.63) is 23.8 Å². The zero-order valence-corrected chi connectivity index (χ0v) is 12.4. The monoisotopic (exact) mass is 290 g/mol. The lowest BCUT2D eigenvalue weighted by atomic mass is 9.97. The fraction of sp³-hybridized carbons (Fsp3) is 0.562. The summed E-state index contributed by atoms with van der Waals surface area (Å²) in [6, 6.07) is 5.54. The highest BCUT2D eigenvalue weighted by atomic mass is 16.6. The van der Waals surface area contributed by atoms with Crippen LogP contribution in [-0.4, -0.2) is 50.7 Å². The highest BCUT2D eigenvalue weighted by Crippen LogP contribution is 2.34. The first-order valence-electron chi connectivity index (χ1n) is 7.62. The fourth-order valence-electron chi connectivity index (χ4n) is 3.12. The molecule has 21 heavy (non-hydrogen) atoms. The van der Waals surface area contributed by atoms with Crippen molar-refractivity contribution in [1.29, 1.82) is 0 Å². The maximum atomic E-state index is 12.8. The van der Waals surface area contributed by atoms with E-state index in [2.05, 4.69) is 5.32 Å². The topological polar surface area (TPSA) is 50.8 Å². The number of amides is 1. The van der Waals surface area contributed by atoms with E-state index < -0.39 is 0 Å². The number of ether oxygens (including phenoxy) is 2. The Balaban J connectivity index is 1.79. The van der Waals surface area contributed by atoms with Gasteiger partial charge in [0.05, 0.1) is 5.56 Å². The molecule has 1 atom stereocenters. The molecule has 3 rings (SSSR count). The van der Waals surface area contributed by atoms with E-state index in [0.717, 1.165) is 26.1 Å². The Morgan fingerprint density at radius 1 is 1.38 bits per heavy atom. The molecule has 1 fully saturated rings. The largest absolute Gasteiger partial charge is 0.486 e. The number of benzene rings is 1. The number of nitrogens with one attached hydrogen (secondary N) is 1. The fourth-order valence-corrected chi connectivity index (χ4v) is 3.12. The van der Waals surface area contributed by atoms with Gasteiger partial charge in [0, 0.05) is 13.1 Å². The standard InChI is InChI=1S/C16H22N2O3/c1-17-10-12-4-3-7-18(11-12)16(19)13-5-2-6-14-15(13)21-9-8-20-14/h2,5-6,12,17H,3-4,7-11H2,1H3. The summed E-state index contributed by atoms with van der Waals surface area (Å²) in [5, 5.41) is 3.20. The van der Waals surface area contributed by atoms with Crippen molar-refractivity contribution in [1.82, 2.24) is 10.2 Å². The quantitative estimate of drug-likeness (QED) is 0.917. The summed E-state index contributed by atoms with van der Waals surface area (Å²) >= 11 is 0. The van der Waals surface area contributed by atoms with E-state index in [9.17, 15) is 4.79 Å². The van der Waals surface area contributed by atoms with Gasteiger partial charge in [-0.15, -0.1) is 0 Å². The van der Waals surface area contributed by atoms with Gasteiger partial charge in [-0.2, -0.15) is 0 Å². The number of likely N-dealkylation sites (tertiary alicyclic amines) is 1. The van der Waals surface area contributed by atoms with E-state index >= 15 is 0 Å². The lowest BCUT2D eigenvalue weighted by molar-refractivity contribution is 0.0664. The van der Waals surface area contributed by atoms with Crippen LogP contribution in [0.3, 0.4) is 0 Å². The van der Waals surface area contributed by atoms with Crippen molar-refractivity contribution < 1.29 is 14.3 Å². The van der Waals surface area contributed by atoms with Gasteiger partial charge in [-0.3, -0.25) is 4.79 Å². The molecule has 2 heterocycles. The predicted octanol–water partition coefficient (Wildman–Crippen LogP) is 1.53. The molecule has 0 saturated carbocycles. The molecule has 1 aromatic carbocycles. The SMILES string of the molecule is CNCC1CCCN(C(=O)c2cccc3c2OCCO3)C1. The second-order valence-corrected chi connectivity index (χ2v) is 5.65. The van der Waals surface area contributed by atoms with Gasteiger partial charge in [-0.25, -0.2) is 0 Å². The van der Waals surface area contributed by atoms with Gasteiger partial charge >= 0.3 is 0 Å². The summed E-state index contributed by atoms with van der Waals surface area (Å²) in [5.41, 5.74) is 0.623. The van der Waals surface area contributed by atoms with Crippen LogP contribution in [-0.2, 0) is 0 Å². The molecule has 1 aromatic rings. The molecule has 114 valence electrons. The van der Waals surface area contributed by atoms with Crippen LogP contribution >= 0.6 is 0 Å². The Kier molecular flexibility index (Phi) is 4.29. The number of rotatable bonds is 3. The smallest absolute Gasteiger partial charge is 0.257 e. The van der Waals surface area contributed by atoms with Crippen molar-refractivity contribution in [2.24, 2.45) is 5.92 Å². The first kappa shape index (κ1) is 14.2. The lowest BCUT2D eigenvalue weighted by Crippen LogP contribution is -2.42. The minimum Gasteiger partial charge on any atom is -0.486 e. The Morgan fingerprint density at radius 3 is 3.10 bits per heavy atom. The minimum absolute atomic E-state index is 0.0538. The molecule has 5 heteroatoms. The second kappa shape index (κ2) is 6.35. The van der Waals surface area contributed by atoms with Crippen LogP contribution in [0.2, 0.25) is 0 Å². The number of fused-ring (bicyclic) bond motifs is 1. The number of carbonyl (C=O) groups excluding carboxylic acids is 1. The second-order valence-electron chi connectivity index (χ2n) is 5.65. The summed E-state index contributed by atoms with van der Waals surface area (Å²) in [6.45, 7) is 3.63. The predicted molar refractivity (Wildman–Crippen MR) is 80.0 cm³/mol. The van der Waals surface area contributed by atoms with Gasteiger partial charge in [0.25, 0.3) is 5.91 Å². The Hall–Kier alpha value is -1.75. The summed E-state index contributed by atoms with van der Waals surface area (Å²) in [7, 11) is 1.96. The Bertz CT molecular complexity index is 516. The number of piperidine rings is 1. The molecule has 1 amide bonds. The van der Waals surface area contributed by atoms with Crippen molar-refractivity contribution >= 4 is 5.91 Å². The molecular weight excluding hydrogens is 268 g/mol. The molecule has 1 N–H and O–H groups in total. The molecule has 2 aliphatic rings. The van der Waals surface area contributed by atoms with Gasteiger partial charge in [-0.05, 0) is 44.5 Å². The van der Waals surface area contributed by atoms with E-state index in [1.54, 1.807) is 0 Å². The van der Waals surface area contributed by atoms with Gasteiger partial charge in [0.15, 0.2) is 11.5 Å². The summed E-state index contributed by atoms with van der Waals surface area (Å²) in [6.07, 6.45) is 2.24. The normalized spacial score (nSPS) is 21.2. The number of nitrogens with zero attached hydrogens (tertiary/aromatic N) is 1. The number of para-hydroxylation sites is 1. The molecule has 2 aliphatic heterocycles. The third-order valence-electron chi connectivity index (χ3n) is 4.10. The molecule has 0 aliphatic carbocycles. The summed E-state index contributed by atoms with van der Waals surface area (Å²) in [4.78, 5) is 14.7. The van der Waals surface area contributed by atoms with E-state index in [-0.39, 0.29) is 5.91 Å². The minimum atomic E-state index is 0.0538. The van der Waals surface area contributed by atoms with Gasteiger partial charge in [-0.1, -0.05) is 6.07 Å². The van der Waals surface area contributed by atoms with Crippen molar-refractivity contribution in [2.75, 3.05) is 39.9 Å². The third kappa shape index (κ3) is 2.97. The summed E-state index contributed by atoms with van der Waals surface area (Å²) in [5.74, 6) is 1.86. The first-order chi connectivity index (χ1) is 10.3. The van der Waals surface area contributed by atoms with Crippen molar-refractivity contribution in [3.8, 4) is 11.5 Å². The van der Waals surface area contributed by atoms with Crippen LogP contribution in [0.15, 0.2) is 18.2 Å². The van der Waals surface area contributed by atoms with Gasteiger partial charge < -0.3 is 19.7 Å². The van der Waals surface area contributed by atoms with Gasteiger partial charge in [0.2, 0.25) is 0 Å². The molecular formula is C16H22N2O3. The molecule has 1 unspecified atom stereocenters. The maximum Gasteiger partial charge on any atom is 0.257 e. The Morgan fingerprint density at radius 2 is 2.24 bits per heavy atom. The molecule has 0 spiro atoms. The van der Waals surface area contributed by atoms with E-state index in [1.807, 2.05) is 30.1 Å². The average Bonchev–Trinajstić information content (AvgIpc) is 2.54. The van der Waals surface area contributed by atoms with Crippen LogP contribution in [0.5, 0.6) is 11.5 Å². The van der Waals surface area contributed by atoms with Crippen molar-refractivity contribution in [3.63, 3.8) is 0 Å². The molecule has 0 radical (unpaired) electrons. The van der Waals surface area contributed by atoms with Gasteiger partial charge in [0.1, 0.15) is 13.2 Å². The average molecular weight is 290 g/mol. The number of hydrogen-bond acceptors (Lipinski definition) is 4. The summed E-state index contributed by atoms with van der Waals surface area (Å²) < 4.78 is 11.2. The number of hydrogen-bond donors (Lipinski definition) is 1. The van der Waals surface area contributed by atoms with E-state index in [0.29, 0.717) is 36.2 Å². The lowest BCUT2D eigenvalue weighted by Gasteiger charge is -2.33. The number of carbonyl (C=O) groups is 1. The van der Waals surface area contributed by atoms with E-state index in [1.165, 1.54) is 6.42 Å². The molecule has 0 bridgehead atoms. The maximum absolute atomic E-state index is 12.8. The zero-order valence-electron chi connectivity index (χ0n) is 12.4.